The van der Waals surface area contributed by atoms with Gasteiger partial charge in [0, 0.05) is 73.1 Å². The van der Waals surface area contributed by atoms with Gasteiger partial charge in [0.05, 0.1) is 40.6 Å². The van der Waals surface area contributed by atoms with E-state index in [9.17, 15) is 14.4 Å². The van der Waals surface area contributed by atoms with Crippen LogP contribution in [-0.2, 0) is 20.0 Å². The molecule has 2 N–H and O–H groups in total. The van der Waals surface area contributed by atoms with Gasteiger partial charge < -0.3 is 15.0 Å². The third kappa shape index (κ3) is 6.98. The van der Waals surface area contributed by atoms with Crippen LogP contribution in [0.3, 0.4) is 0 Å². The Morgan fingerprint density at radius 1 is 1.02 bits per heavy atom. The maximum absolute atomic E-state index is 15.0. The molecule has 7 aromatic rings. The smallest absolute Gasteiger partial charge is 0.272 e. The number of aryl methyl sites for hydroxylation is 1. The number of nitrogens with one attached hydrogen (secondary N) is 2. The number of halogens is 1. The Kier molecular flexibility index (Phi) is 8.92. The monoisotopic (exact) mass is 711 g/mol. The first kappa shape index (κ1) is 33.4. The number of amides is 1. The molecule has 3 aromatic carbocycles. The van der Waals surface area contributed by atoms with Crippen LogP contribution in [-0.4, -0.2) is 71.3 Å². The minimum absolute atomic E-state index is 0.00108. The van der Waals surface area contributed by atoms with Crippen LogP contribution in [0.1, 0.15) is 28.0 Å². The Labute approximate surface area is 301 Å². The van der Waals surface area contributed by atoms with Crippen molar-refractivity contribution in [3.8, 4) is 17.0 Å². The van der Waals surface area contributed by atoms with Crippen molar-refractivity contribution in [2.45, 2.75) is 25.4 Å². The highest BCUT2D eigenvalue weighted by Crippen LogP contribution is 2.28. The molecule has 0 bridgehead atoms. The van der Waals surface area contributed by atoms with Gasteiger partial charge in [-0.2, -0.15) is 15.3 Å². The summed E-state index contributed by atoms with van der Waals surface area (Å²) in [6.45, 7) is 1.35. The molecule has 5 heterocycles. The molecule has 0 spiro atoms. The first-order chi connectivity index (χ1) is 25.8. The number of H-pyrrole nitrogens is 1. The van der Waals surface area contributed by atoms with Crippen molar-refractivity contribution in [3.63, 3.8) is 0 Å². The summed E-state index contributed by atoms with van der Waals surface area (Å²) >= 11 is 0. The zero-order chi connectivity index (χ0) is 36.5. The topological polar surface area (TPSA) is 153 Å². The first-order valence-corrected chi connectivity index (χ1v) is 17.2. The predicted octanol–water partition coefficient (Wildman–Crippen LogP) is 4.56. The number of nitrogens with zero attached hydrogens (tertiary/aromatic N) is 7. The van der Waals surface area contributed by atoms with Gasteiger partial charge in [-0.3, -0.25) is 24.0 Å². The van der Waals surface area contributed by atoms with Crippen molar-refractivity contribution in [1.29, 1.82) is 0 Å². The molecule has 1 aliphatic heterocycles. The van der Waals surface area contributed by atoms with Gasteiger partial charge in [-0.05, 0) is 60.5 Å². The summed E-state index contributed by atoms with van der Waals surface area (Å²) in [5.41, 5.74) is 3.85. The third-order valence-electron chi connectivity index (χ3n) is 9.38. The van der Waals surface area contributed by atoms with E-state index in [0.29, 0.717) is 59.4 Å². The van der Waals surface area contributed by atoms with Crippen molar-refractivity contribution < 1.29 is 13.9 Å². The molecule has 0 aliphatic carbocycles. The quantitative estimate of drug-likeness (QED) is 0.208. The van der Waals surface area contributed by atoms with Crippen LogP contribution in [0.2, 0.25) is 0 Å². The van der Waals surface area contributed by atoms with Crippen molar-refractivity contribution in [1.82, 2.24) is 39.6 Å². The average Bonchev–Trinajstić information content (AvgIpc) is 3.83. The van der Waals surface area contributed by atoms with Crippen LogP contribution in [0.4, 0.5) is 10.1 Å². The summed E-state index contributed by atoms with van der Waals surface area (Å²) in [4.78, 5) is 44.4. The summed E-state index contributed by atoms with van der Waals surface area (Å²) in [5, 5.41) is 21.0. The van der Waals surface area contributed by atoms with E-state index in [1.807, 2.05) is 43.6 Å². The number of fused-ring (bicyclic) bond motifs is 2. The van der Waals surface area contributed by atoms with Crippen LogP contribution in [0.25, 0.3) is 32.9 Å². The normalized spacial score (nSPS) is 14.2. The Hall–Kier alpha value is -6.70. The molecule has 266 valence electrons. The Morgan fingerprint density at radius 2 is 1.89 bits per heavy atom. The van der Waals surface area contributed by atoms with Gasteiger partial charge >= 0.3 is 0 Å². The number of aromatic amines is 1. The van der Waals surface area contributed by atoms with E-state index in [4.69, 9.17) is 4.74 Å². The lowest BCUT2D eigenvalue weighted by Crippen LogP contribution is -2.32. The van der Waals surface area contributed by atoms with Gasteiger partial charge in [0.1, 0.15) is 18.2 Å². The molecule has 13 nitrogen and oxygen atoms in total. The number of anilines is 1. The third-order valence-corrected chi connectivity index (χ3v) is 9.38. The summed E-state index contributed by atoms with van der Waals surface area (Å²) in [7, 11) is 1.82. The number of hydrogen-bond donors (Lipinski definition) is 2. The summed E-state index contributed by atoms with van der Waals surface area (Å²) in [6, 6.07) is 22.4. The fourth-order valence-corrected chi connectivity index (χ4v) is 6.71. The van der Waals surface area contributed by atoms with E-state index < -0.39 is 5.82 Å². The lowest BCUT2D eigenvalue weighted by molar-refractivity contribution is 0.0787. The Balaban J connectivity index is 0.904. The number of ether oxygens (including phenoxy) is 1. The van der Waals surface area contributed by atoms with Crippen LogP contribution in [0, 0.1) is 5.82 Å². The van der Waals surface area contributed by atoms with Crippen molar-refractivity contribution in [2.75, 3.05) is 25.0 Å². The van der Waals surface area contributed by atoms with E-state index in [2.05, 4.69) is 30.7 Å². The minimum Gasteiger partial charge on any atom is -0.491 e. The summed E-state index contributed by atoms with van der Waals surface area (Å²) in [5.74, 6) is -0.338. The maximum atomic E-state index is 15.0. The standard InChI is InChI=1S/C39H34FN9O4/c1-47-22-25(21-42-47)33-10-11-37(50)49(46-33)16-17-53-36-12-14-41-34-20-26(7-8-30(34)36)43-27-13-15-48(23-27)39(52)31-18-24(6-9-32(31)40)19-35-28-4-2-3-5-29(28)38(51)45-44-35/h2-12,14,18,20-22,27,43H,13,15-17,19,23H2,1H3,(H,45,51). The number of likely N-dealkylation sites (tertiary alicyclic amines) is 1. The summed E-state index contributed by atoms with van der Waals surface area (Å²) < 4.78 is 24.2. The summed E-state index contributed by atoms with van der Waals surface area (Å²) in [6.07, 6.45) is 6.21. The second-order valence-corrected chi connectivity index (χ2v) is 13.0. The number of carbonyl (C=O) groups is 1. The molecular weight excluding hydrogens is 677 g/mol. The predicted molar refractivity (Wildman–Crippen MR) is 197 cm³/mol. The van der Waals surface area contributed by atoms with E-state index in [-0.39, 0.29) is 41.8 Å². The van der Waals surface area contributed by atoms with Crippen molar-refractivity contribution in [3.05, 3.63) is 141 Å². The molecule has 1 atom stereocenters. The lowest BCUT2D eigenvalue weighted by atomic mass is 10.0. The van der Waals surface area contributed by atoms with Gasteiger partial charge in [-0.15, -0.1) is 0 Å². The van der Waals surface area contributed by atoms with Crippen LogP contribution < -0.4 is 21.2 Å². The number of benzene rings is 3. The molecule has 53 heavy (non-hydrogen) atoms. The highest BCUT2D eigenvalue weighted by Gasteiger charge is 2.29. The number of pyridine rings is 1. The molecule has 0 radical (unpaired) electrons. The molecule has 0 saturated carbocycles. The lowest BCUT2D eigenvalue weighted by Gasteiger charge is -2.19. The fraction of sp³-hybridized carbons (Fsp3) is 0.205. The van der Waals surface area contributed by atoms with E-state index in [1.165, 1.54) is 16.8 Å². The van der Waals surface area contributed by atoms with Gasteiger partial charge in [-0.25, -0.2) is 14.2 Å². The minimum atomic E-state index is -0.588. The molecule has 8 rings (SSSR count). The van der Waals surface area contributed by atoms with Crippen LogP contribution >= 0.6 is 0 Å². The SMILES string of the molecule is Cn1cc(-c2ccc(=O)n(CCOc3ccnc4cc(NC5CCN(C(=O)c6cc(Cc7n[nH]c(=O)c8ccccc78)ccc6F)C5)ccc34)n2)cn1. The number of carbonyl (C=O) groups excluding carboxylic acids is 1. The van der Waals surface area contributed by atoms with E-state index in [1.54, 1.807) is 58.4 Å². The molecule has 1 aliphatic rings. The van der Waals surface area contributed by atoms with Crippen molar-refractivity contribution in [2.24, 2.45) is 7.05 Å². The van der Waals surface area contributed by atoms with Crippen LogP contribution in [0.5, 0.6) is 5.75 Å². The van der Waals surface area contributed by atoms with Gasteiger partial charge in [0.25, 0.3) is 17.0 Å². The highest BCUT2D eigenvalue weighted by atomic mass is 19.1. The maximum Gasteiger partial charge on any atom is 0.272 e. The molecule has 1 amide bonds. The fourth-order valence-electron chi connectivity index (χ4n) is 6.71. The molecule has 1 fully saturated rings. The van der Waals surface area contributed by atoms with Gasteiger partial charge in [-0.1, -0.05) is 24.3 Å². The largest absolute Gasteiger partial charge is 0.491 e. The molecule has 14 heteroatoms. The highest BCUT2D eigenvalue weighted by molar-refractivity contribution is 5.95. The average molecular weight is 712 g/mol. The van der Waals surface area contributed by atoms with E-state index >= 15 is 4.39 Å². The van der Waals surface area contributed by atoms with Gasteiger partial charge in [0.15, 0.2) is 0 Å². The second-order valence-electron chi connectivity index (χ2n) is 13.0. The Bertz CT molecular complexity index is 2620. The van der Waals surface area contributed by atoms with Crippen LogP contribution in [0.15, 0.2) is 107 Å². The second kappa shape index (κ2) is 14.1. The molecule has 4 aromatic heterocycles. The van der Waals surface area contributed by atoms with Crippen molar-refractivity contribution >= 4 is 33.3 Å². The molecule has 1 saturated heterocycles. The zero-order valence-electron chi connectivity index (χ0n) is 28.7. The number of hydrogen-bond acceptors (Lipinski definition) is 9. The zero-order valence-corrected chi connectivity index (χ0v) is 28.7. The van der Waals surface area contributed by atoms with E-state index in [0.717, 1.165) is 22.2 Å². The molecular formula is C39H34FN9O4. The Morgan fingerprint density at radius 3 is 2.74 bits per heavy atom. The number of aromatic nitrogens is 7. The van der Waals surface area contributed by atoms with Gasteiger partial charge in [0.2, 0.25) is 0 Å². The number of rotatable bonds is 10. The molecule has 1 unspecified atom stereocenters. The first-order valence-electron chi connectivity index (χ1n) is 17.2.